The van der Waals surface area contributed by atoms with Crippen molar-refractivity contribution in [3.05, 3.63) is 65.2 Å². The molecule has 8 heteroatoms. The largest absolute Gasteiger partial charge is 0.492 e. The molecule has 2 N–H and O–H groups in total. The number of methoxy groups -OCH3 is 1. The van der Waals surface area contributed by atoms with Crippen molar-refractivity contribution in [2.75, 3.05) is 20.3 Å². The van der Waals surface area contributed by atoms with E-state index < -0.39 is 17.8 Å². The SMILES string of the molecule is COC(=O)Cc1ccc(OCC(C)NCC(O)c2cccc(C(F)(F)F)c2)cc1. The summed E-state index contributed by atoms with van der Waals surface area (Å²) in [5.41, 5.74) is 0.210. The molecule has 2 aromatic rings. The lowest BCUT2D eigenvalue weighted by molar-refractivity contribution is -0.140. The smallest absolute Gasteiger partial charge is 0.416 e. The Balaban J connectivity index is 1.79. The molecule has 0 aliphatic rings. The van der Waals surface area contributed by atoms with E-state index >= 15 is 0 Å². The van der Waals surface area contributed by atoms with E-state index in [0.29, 0.717) is 12.4 Å². The number of aliphatic hydroxyl groups is 1. The van der Waals surface area contributed by atoms with Crippen LogP contribution in [0.25, 0.3) is 0 Å². The van der Waals surface area contributed by atoms with Crippen LogP contribution in [0.2, 0.25) is 0 Å². The van der Waals surface area contributed by atoms with Crippen molar-refractivity contribution in [3.63, 3.8) is 0 Å². The zero-order chi connectivity index (χ0) is 21.4. The quantitative estimate of drug-likeness (QED) is 0.618. The molecule has 2 aromatic carbocycles. The molecule has 0 bridgehead atoms. The van der Waals surface area contributed by atoms with Gasteiger partial charge in [-0.3, -0.25) is 4.79 Å². The van der Waals surface area contributed by atoms with Gasteiger partial charge in [0.15, 0.2) is 0 Å². The molecule has 29 heavy (non-hydrogen) atoms. The van der Waals surface area contributed by atoms with Gasteiger partial charge >= 0.3 is 12.1 Å². The first-order valence-corrected chi connectivity index (χ1v) is 9.06. The Morgan fingerprint density at radius 1 is 1.17 bits per heavy atom. The summed E-state index contributed by atoms with van der Waals surface area (Å²) in [6.45, 7) is 2.22. The third-order valence-electron chi connectivity index (χ3n) is 4.26. The van der Waals surface area contributed by atoms with Crippen molar-refractivity contribution in [2.24, 2.45) is 0 Å². The Hall–Kier alpha value is -2.58. The molecule has 2 atom stereocenters. The van der Waals surface area contributed by atoms with Gasteiger partial charge in [-0.1, -0.05) is 24.3 Å². The number of halogens is 3. The molecule has 0 spiro atoms. The monoisotopic (exact) mass is 411 g/mol. The summed E-state index contributed by atoms with van der Waals surface area (Å²) in [7, 11) is 1.33. The van der Waals surface area contributed by atoms with Gasteiger partial charge in [-0.15, -0.1) is 0 Å². The molecule has 0 radical (unpaired) electrons. The highest BCUT2D eigenvalue weighted by Gasteiger charge is 2.30. The van der Waals surface area contributed by atoms with Crippen molar-refractivity contribution in [2.45, 2.75) is 31.7 Å². The fourth-order valence-corrected chi connectivity index (χ4v) is 2.58. The maximum absolute atomic E-state index is 12.8. The lowest BCUT2D eigenvalue weighted by atomic mass is 10.1. The van der Waals surface area contributed by atoms with Crippen molar-refractivity contribution in [1.29, 1.82) is 0 Å². The molecule has 0 aromatic heterocycles. The van der Waals surface area contributed by atoms with Crippen LogP contribution in [0.15, 0.2) is 48.5 Å². The summed E-state index contributed by atoms with van der Waals surface area (Å²) < 4.78 is 48.6. The number of ether oxygens (including phenoxy) is 2. The number of nitrogens with one attached hydrogen (secondary N) is 1. The fourth-order valence-electron chi connectivity index (χ4n) is 2.58. The molecule has 158 valence electrons. The molecule has 2 unspecified atom stereocenters. The molecule has 2 rings (SSSR count). The Morgan fingerprint density at radius 3 is 2.48 bits per heavy atom. The normalized spacial score (nSPS) is 13.6. The second kappa shape index (κ2) is 10.3. The number of esters is 1. The maximum atomic E-state index is 12.8. The molecule has 0 aliphatic heterocycles. The van der Waals surface area contributed by atoms with Crippen LogP contribution in [0.1, 0.15) is 29.7 Å². The van der Waals surface area contributed by atoms with Crippen LogP contribution in [0.4, 0.5) is 13.2 Å². The van der Waals surface area contributed by atoms with Crippen LogP contribution in [-0.4, -0.2) is 37.4 Å². The minimum atomic E-state index is -4.45. The van der Waals surface area contributed by atoms with E-state index in [1.165, 1.54) is 19.2 Å². The zero-order valence-corrected chi connectivity index (χ0v) is 16.2. The van der Waals surface area contributed by atoms with Crippen LogP contribution in [0.3, 0.4) is 0 Å². The predicted octanol–water partition coefficient (Wildman–Crippen LogP) is 3.51. The number of benzene rings is 2. The Bertz CT molecular complexity index is 793. The molecule has 0 heterocycles. The van der Waals surface area contributed by atoms with E-state index in [2.05, 4.69) is 10.1 Å². The minimum absolute atomic E-state index is 0.0872. The van der Waals surface area contributed by atoms with Gasteiger partial charge in [0.25, 0.3) is 0 Å². The number of carbonyl (C=O) groups is 1. The highest BCUT2D eigenvalue weighted by molar-refractivity contribution is 5.72. The fraction of sp³-hybridized carbons (Fsp3) is 0.381. The van der Waals surface area contributed by atoms with Crippen molar-refractivity contribution >= 4 is 5.97 Å². The van der Waals surface area contributed by atoms with E-state index in [-0.39, 0.29) is 30.5 Å². The van der Waals surface area contributed by atoms with E-state index in [1.54, 1.807) is 24.3 Å². The maximum Gasteiger partial charge on any atom is 0.416 e. The number of alkyl halides is 3. The number of carbonyl (C=O) groups excluding carboxylic acids is 1. The third kappa shape index (κ3) is 7.40. The summed E-state index contributed by atoms with van der Waals surface area (Å²) >= 11 is 0. The Labute approximate surface area is 167 Å². The second-order valence-electron chi connectivity index (χ2n) is 6.66. The highest BCUT2D eigenvalue weighted by Crippen LogP contribution is 2.30. The highest BCUT2D eigenvalue weighted by atomic mass is 19.4. The lowest BCUT2D eigenvalue weighted by Gasteiger charge is -2.19. The standard InChI is InChI=1S/C21H24F3NO4/c1-14(13-29-18-8-6-15(7-9-18)10-20(27)28-2)25-12-19(26)16-4-3-5-17(11-16)21(22,23)24/h3-9,11,14,19,25-26H,10,12-13H2,1-2H3. The topological polar surface area (TPSA) is 67.8 Å². The summed E-state index contributed by atoms with van der Waals surface area (Å²) in [5.74, 6) is 0.293. The molecule has 0 fully saturated rings. The number of rotatable bonds is 9. The lowest BCUT2D eigenvalue weighted by Crippen LogP contribution is -2.35. The van der Waals surface area contributed by atoms with Gasteiger partial charge in [-0.05, 0) is 42.3 Å². The van der Waals surface area contributed by atoms with Crippen LogP contribution >= 0.6 is 0 Å². The van der Waals surface area contributed by atoms with Gasteiger partial charge < -0.3 is 19.9 Å². The molecular weight excluding hydrogens is 387 g/mol. The number of aliphatic hydroxyl groups excluding tert-OH is 1. The first-order chi connectivity index (χ1) is 13.7. The minimum Gasteiger partial charge on any atom is -0.492 e. The van der Waals surface area contributed by atoms with Crippen molar-refractivity contribution in [1.82, 2.24) is 5.32 Å². The Morgan fingerprint density at radius 2 is 1.86 bits per heavy atom. The van der Waals surface area contributed by atoms with Gasteiger partial charge in [-0.25, -0.2) is 0 Å². The van der Waals surface area contributed by atoms with Gasteiger partial charge in [0.1, 0.15) is 12.4 Å². The molecule has 0 saturated carbocycles. The first-order valence-electron chi connectivity index (χ1n) is 9.06. The summed E-state index contributed by atoms with van der Waals surface area (Å²) in [5, 5.41) is 13.2. The van der Waals surface area contributed by atoms with Crippen LogP contribution in [0, 0.1) is 0 Å². The molecule has 0 aliphatic carbocycles. The second-order valence-corrected chi connectivity index (χ2v) is 6.66. The van der Waals surface area contributed by atoms with Gasteiger partial charge in [0, 0.05) is 12.6 Å². The predicted molar refractivity (Wildman–Crippen MR) is 102 cm³/mol. The van der Waals surface area contributed by atoms with Gasteiger partial charge in [0.05, 0.1) is 25.2 Å². The summed E-state index contributed by atoms with van der Waals surface area (Å²) in [6, 6.07) is 11.5. The third-order valence-corrected chi connectivity index (χ3v) is 4.26. The van der Waals surface area contributed by atoms with Crippen LogP contribution in [-0.2, 0) is 22.1 Å². The van der Waals surface area contributed by atoms with Crippen LogP contribution in [0.5, 0.6) is 5.75 Å². The van der Waals surface area contributed by atoms with Crippen molar-refractivity contribution < 1.29 is 32.5 Å². The first kappa shape index (κ1) is 22.7. The summed E-state index contributed by atoms with van der Waals surface area (Å²) in [4.78, 5) is 11.2. The molecule has 0 amide bonds. The van der Waals surface area contributed by atoms with E-state index in [4.69, 9.17) is 4.74 Å². The average Bonchev–Trinajstić information content (AvgIpc) is 2.70. The molecule has 0 saturated heterocycles. The van der Waals surface area contributed by atoms with E-state index in [0.717, 1.165) is 17.7 Å². The van der Waals surface area contributed by atoms with Gasteiger partial charge in [0.2, 0.25) is 0 Å². The summed E-state index contributed by atoms with van der Waals surface area (Å²) in [6.07, 6.45) is -5.34. The van der Waals surface area contributed by atoms with Crippen molar-refractivity contribution in [3.8, 4) is 5.75 Å². The zero-order valence-electron chi connectivity index (χ0n) is 16.2. The van der Waals surface area contributed by atoms with Gasteiger partial charge in [-0.2, -0.15) is 13.2 Å². The number of hydrogen-bond acceptors (Lipinski definition) is 5. The number of hydrogen-bond donors (Lipinski definition) is 2. The molecule has 5 nitrogen and oxygen atoms in total. The molecular formula is C21H24F3NO4. The van der Waals surface area contributed by atoms with E-state index in [9.17, 15) is 23.1 Å². The van der Waals surface area contributed by atoms with Crippen LogP contribution < -0.4 is 10.1 Å². The van der Waals surface area contributed by atoms with E-state index in [1.807, 2.05) is 6.92 Å². The average molecular weight is 411 g/mol. The Kier molecular flexibility index (Phi) is 8.04.